The summed E-state index contributed by atoms with van der Waals surface area (Å²) in [6.07, 6.45) is 1.35. The van der Waals surface area contributed by atoms with Crippen molar-refractivity contribution in [2.75, 3.05) is 13.2 Å². The second-order valence-electron chi connectivity index (χ2n) is 4.74. The van der Waals surface area contributed by atoms with Gasteiger partial charge in [-0.2, -0.15) is 0 Å². The monoisotopic (exact) mass is 279 g/mol. The average molecular weight is 279 g/mol. The molecular weight excluding hydrogens is 258 g/mol. The van der Waals surface area contributed by atoms with E-state index in [1.165, 1.54) is 5.56 Å². The molecule has 0 saturated carbocycles. The molecule has 0 aromatic heterocycles. The van der Waals surface area contributed by atoms with Gasteiger partial charge in [-0.3, -0.25) is 9.59 Å². The second kappa shape index (κ2) is 8.19. The van der Waals surface area contributed by atoms with Crippen molar-refractivity contribution in [1.82, 2.24) is 5.32 Å². The van der Waals surface area contributed by atoms with E-state index < -0.39 is 5.97 Å². The van der Waals surface area contributed by atoms with Gasteiger partial charge >= 0.3 is 5.97 Å². The lowest BCUT2D eigenvalue weighted by Crippen LogP contribution is -2.29. The van der Waals surface area contributed by atoms with Crippen molar-refractivity contribution in [3.8, 4) is 5.75 Å². The highest BCUT2D eigenvalue weighted by molar-refractivity contribution is 5.77. The minimum Gasteiger partial charge on any atom is -0.484 e. The van der Waals surface area contributed by atoms with E-state index in [2.05, 4.69) is 5.32 Å². The number of nitrogens with one attached hydrogen (secondary N) is 1. The maximum absolute atomic E-state index is 11.5. The summed E-state index contributed by atoms with van der Waals surface area (Å²) in [6.45, 7) is 4.46. The zero-order valence-corrected chi connectivity index (χ0v) is 11.9. The van der Waals surface area contributed by atoms with Gasteiger partial charge in [0.15, 0.2) is 6.61 Å². The molecule has 0 saturated heterocycles. The number of hydrogen-bond acceptors (Lipinski definition) is 3. The molecule has 0 heterocycles. The molecule has 2 N–H and O–H groups in total. The van der Waals surface area contributed by atoms with Crippen LogP contribution in [0.5, 0.6) is 5.75 Å². The molecule has 1 aromatic rings. The van der Waals surface area contributed by atoms with E-state index in [1.54, 1.807) is 0 Å². The summed E-state index contributed by atoms with van der Waals surface area (Å²) in [4.78, 5) is 21.8. The number of carbonyl (C=O) groups excluding carboxylic acids is 1. The maximum atomic E-state index is 11.5. The van der Waals surface area contributed by atoms with Gasteiger partial charge in [-0.15, -0.1) is 0 Å². The number of carboxylic acids is 1. The first-order valence-electron chi connectivity index (χ1n) is 6.67. The van der Waals surface area contributed by atoms with Crippen molar-refractivity contribution in [1.29, 1.82) is 0 Å². The van der Waals surface area contributed by atoms with Crippen LogP contribution in [0.4, 0.5) is 0 Å². The van der Waals surface area contributed by atoms with E-state index in [0.29, 0.717) is 25.1 Å². The van der Waals surface area contributed by atoms with Crippen LogP contribution >= 0.6 is 0 Å². The molecule has 1 rings (SSSR count). The molecule has 0 aliphatic heterocycles. The SMILES string of the molecule is Cc1ccc(OCC(=O)NCCCCC(=O)O)cc1C. The van der Waals surface area contributed by atoms with E-state index in [9.17, 15) is 9.59 Å². The van der Waals surface area contributed by atoms with Crippen LogP contribution in [-0.2, 0) is 9.59 Å². The van der Waals surface area contributed by atoms with E-state index >= 15 is 0 Å². The number of carbonyl (C=O) groups is 2. The number of hydrogen-bond donors (Lipinski definition) is 2. The zero-order valence-electron chi connectivity index (χ0n) is 11.9. The Morgan fingerprint density at radius 3 is 2.60 bits per heavy atom. The lowest BCUT2D eigenvalue weighted by Gasteiger charge is -2.08. The first kappa shape index (κ1) is 16.0. The lowest BCUT2D eigenvalue weighted by molar-refractivity contribution is -0.137. The van der Waals surface area contributed by atoms with Crippen molar-refractivity contribution < 1.29 is 19.4 Å². The highest BCUT2D eigenvalue weighted by Crippen LogP contribution is 2.16. The van der Waals surface area contributed by atoms with Gasteiger partial charge in [-0.1, -0.05) is 6.07 Å². The van der Waals surface area contributed by atoms with Crippen molar-refractivity contribution >= 4 is 11.9 Å². The van der Waals surface area contributed by atoms with Crippen LogP contribution < -0.4 is 10.1 Å². The number of rotatable bonds is 8. The van der Waals surface area contributed by atoms with Crippen molar-refractivity contribution in [2.24, 2.45) is 0 Å². The van der Waals surface area contributed by atoms with Gasteiger partial charge in [-0.25, -0.2) is 0 Å². The highest BCUT2D eigenvalue weighted by atomic mass is 16.5. The van der Waals surface area contributed by atoms with Crippen molar-refractivity contribution in [3.63, 3.8) is 0 Å². The van der Waals surface area contributed by atoms with Gasteiger partial charge in [0.2, 0.25) is 0 Å². The molecule has 0 aliphatic carbocycles. The topological polar surface area (TPSA) is 75.6 Å². The summed E-state index contributed by atoms with van der Waals surface area (Å²) < 4.78 is 5.39. The highest BCUT2D eigenvalue weighted by Gasteiger charge is 2.03. The zero-order chi connectivity index (χ0) is 15.0. The van der Waals surface area contributed by atoms with Gasteiger partial charge in [0.25, 0.3) is 5.91 Å². The molecular formula is C15H21NO4. The van der Waals surface area contributed by atoms with Crippen molar-refractivity contribution in [3.05, 3.63) is 29.3 Å². The molecule has 20 heavy (non-hydrogen) atoms. The second-order valence-corrected chi connectivity index (χ2v) is 4.74. The molecule has 1 aromatic carbocycles. The third-order valence-electron chi connectivity index (χ3n) is 2.99. The van der Waals surface area contributed by atoms with Gasteiger partial charge in [0, 0.05) is 13.0 Å². The summed E-state index contributed by atoms with van der Waals surface area (Å²) in [6, 6.07) is 5.69. The minimum atomic E-state index is -0.811. The number of amides is 1. The average Bonchev–Trinajstić information content (AvgIpc) is 2.39. The van der Waals surface area contributed by atoms with Crippen LogP contribution in [0.3, 0.4) is 0 Å². The number of unbranched alkanes of at least 4 members (excludes halogenated alkanes) is 1. The summed E-state index contributed by atoms with van der Waals surface area (Å²) >= 11 is 0. The molecule has 110 valence electrons. The number of benzene rings is 1. The Morgan fingerprint density at radius 2 is 1.95 bits per heavy atom. The molecule has 0 fully saturated rings. The number of carboxylic acid groups (broad SMARTS) is 1. The van der Waals surface area contributed by atoms with E-state index in [4.69, 9.17) is 9.84 Å². The Balaban J connectivity index is 2.19. The summed E-state index contributed by atoms with van der Waals surface area (Å²) in [7, 11) is 0. The molecule has 0 atom stereocenters. The predicted molar refractivity (Wildman–Crippen MR) is 75.9 cm³/mol. The molecule has 5 heteroatoms. The van der Waals surface area contributed by atoms with Crippen molar-refractivity contribution in [2.45, 2.75) is 33.1 Å². The fourth-order valence-electron chi connectivity index (χ4n) is 1.63. The van der Waals surface area contributed by atoms with Crippen LogP contribution in [0.1, 0.15) is 30.4 Å². The van der Waals surface area contributed by atoms with Crippen LogP contribution in [0.25, 0.3) is 0 Å². The normalized spacial score (nSPS) is 10.1. The van der Waals surface area contributed by atoms with E-state index in [-0.39, 0.29) is 18.9 Å². The van der Waals surface area contributed by atoms with E-state index in [1.807, 2.05) is 32.0 Å². The standard InChI is InChI=1S/C15H21NO4/c1-11-6-7-13(9-12(11)2)20-10-14(17)16-8-4-3-5-15(18)19/h6-7,9H,3-5,8,10H2,1-2H3,(H,16,17)(H,18,19). The Morgan fingerprint density at radius 1 is 1.20 bits per heavy atom. The van der Waals surface area contributed by atoms with Crippen LogP contribution in [0.15, 0.2) is 18.2 Å². The van der Waals surface area contributed by atoms with Gasteiger partial charge in [0.1, 0.15) is 5.75 Å². The van der Waals surface area contributed by atoms with Crippen LogP contribution in [0.2, 0.25) is 0 Å². The fraction of sp³-hybridized carbons (Fsp3) is 0.467. The maximum Gasteiger partial charge on any atom is 0.303 e. The summed E-state index contributed by atoms with van der Waals surface area (Å²) in [5.74, 6) is -0.331. The molecule has 5 nitrogen and oxygen atoms in total. The third-order valence-corrected chi connectivity index (χ3v) is 2.99. The Labute approximate surface area is 118 Å². The Hall–Kier alpha value is -2.04. The first-order valence-corrected chi connectivity index (χ1v) is 6.67. The Kier molecular flexibility index (Phi) is 6.56. The van der Waals surface area contributed by atoms with Gasteiger partial charge in [0.05, 0.1) is 0 Å². The van der Waals surface area contributed by atoms with Gasteiger partial charge < -0.3 is 15.2 Å². The molecule has 0 unspecified atom stereocenters. The quantitative estimate of drug-likeness (QED) is 0.714. The minimum absolute atomic E-state index is 0.0264. The fourth-order valence-corrected chi connectivity index (χ4v) is 1.63. The summed E-state index contributed by atoms with van der Waals surface area (Å²) in [5, 5.41) is 11.2. The molecule has 0 radical (unpaired) electrons. The van der Waals surface area contributed by atoms with Crippen LogP contribution in [-0.4, -0.2) is 30.1 Å². The molecule has 1 amide bonds. The lowest BCUT2D eigenvalue weighted by atomic mass is 10.1. The summed E-state index contributed by atoms with van der Waals surface area (Å²) in [5.41, 5.74) is 2.30. The van der Waals surface area contributed by atoms with Gasteiger partial charge in [-0.05, 0) is 49.9 Å². The molecule has 0 aliphatic rings. The third kappa shape index (κ3) is 6.22. The number of aliphatic carboxylic acids is 1. The number of aryl methyl sites for hydroxylation is 2. The van der Waals surface area contributed by atoms with Crippen LogP contribution in [0, 0.1) is 13.8 Å². The Bertz CT molecular complexity index is 471. The van der Waals surface area contributed by atoms with E-state index in [0.717, 1.165) is 5.56 Å². The number of ether oxygens (including phenoxy) is 1. The predicted octanol–water partition coefficient (Wildman–Crippen LogP) is 2.05. The molecule has 0 bridgehead atoms. The first-order chi connectivity index (χ1) is 9.49. The molecule has 0 spiro atoms. The largest absolute Gasteiger partial charge is 0.484 e. The smallest absolute Gasteiger partial charge is 0.303 e.